The molecular formula is C6H11BF3-. The van der Waals surface area contributed by atoms with E-state index >= 15 is 0 Å². The van der Waals surface area contributed by atoms with Gasteiger partial charge >= 0.3 is 6.98 Å². The van der Waals surface area contributed by atoms with Gasteiger partial charge in [-0.25, -0.2) is 0 Å². The molecule has 0 bridgehead atoms. The SMILES string of the molecule is CCCC/C=C/[B-](F)(F)F. The summed E-state index contributed by atoms with van der Waals surface area (Å²) in [5, 5.41) is 0. The maximum absolute atomic E-state index is 11.5. The van der Waals surface area contributed by atoms with Crippen molar-refractivity contribution in [3.63, 3.8) is 0 Å². The molecule has 0 aromatic rings. The van der Waals surface area contributed by atoms with Gasteiger partial charge in [0.1, 0.15) is 0 Å². The Morgan fingerprint density at radius 2 is 1.90 bits per heavy atom. The summed E-state index contributed by atoms with van der Waals surface area (Å²) in [6.45, 7) is -2.75. The van der Waals surface area contributed by atoms with Crippen LogP contribution in [0.3, 0.4) is 0 Å². The molecule has 0 nitrogen and oxygen atoms in total. The Labute approximate surface area is 59.2 Å². The molecule has 10 heavy (non-hydrogen) atoms. The van der Waals surface area contributed by atoms with E-state index in [1.807, 2.05) is 6.92 Å². The molecule has 0 unspecified atom stereocenters. The average molecular weight is 151 g/mol. The van der Waals surface area contributed by atoms with E-state index in [0.29, 0.717) is 12.4 Å². The Kier molecular flexibility index (Phi) is 4.24. The average Bonchev–Trinajstić information content (AvgIpc) is 1.78. The van der Waals surface area contributed by atoms with E-state index in [-0.39, 0.29) is 0 Å². The lowest BCUT2D eigenvalue weighted by molar-refractivity contribution is 0.498. The molecule has 0 aliphatic carbocycles. The molecule has 0 atom stereocenters. The van der Waals surface area contributed by atoms with E-state index < -0.39 is 6.98 Å². The zero-order chi connectivity index (χ0) is 8.04. The monoisotopic (exact) mass is 151 g/mol. The third kappa shape index (κ3) is 7.59. The molecule has 0 aliphatic rings. The molecule has 0 amide bonds. The molecule has 0 saturated carbocycles. The summed E-state index contributed by atoms with van der Waals surface area (Å²) < 4.78 is 34.4. The summed E-state index contributed by atoms with van der Waals surface area (Å²) in [7, 11) is 0. The molecule has 0 fully saturated rings. The number of halogens is 3. The fourth-order valence-electron chi connectivity index (χ4n) is 0.573. The number of allylic oxidation sites excluding steroid dienone is 1. The first-order valence-electron chi connectivity index (χ1n) is 3.44. The normalized spacial score (nSPS) is 12.8. The Morgan fingerprint density at radius 1 is 1.30 bits per heavy atom. The minimum atomic E-state index is -4.70. The summed E-state index contributed by atoms with van der Waals surface area (Å²) in [6, 6.07) is 0. The van der Waals surface area contributed by atoms with Gasteiger partial charge in [0.15, 0.2) is 0 Å². The lowest BCUT2D eigenvalue weighted by atomic mass is 9.91. The molecule has 4 heteroatoms. The molecule has 0 heterocycles. The number of hydrogen-bond donors (Lipinski definition) is 0. The maximum atomic E-state index is 11.5. The van der Waals surface area contributed by atoms with E-state index in [0.717, 1.165) is 12.8 Å². The molecule has 60 valence electrons. The summed E-state index contributed by atoms with van der Waals surface area (Å²) in [4.78, 5) is 0. The molecule has 0 saturated heterocycles. The van der Waals surface area contributed by atoms with Gasteiger partial charge in [0.25, 0.3) is 0 Å². The van der Waals surface area contributed by atoms with Crippen LogP contribution in [-0.4, -0.2) is 6.98 Å². The minimum absolute atomic E-state index is 0.357. The molecule has 0 spiro atoms. The van der Waals surface area contributed by atoms with Crippen molar-refractivity contribution in [2.75, 3.05) is 0 Å². The molecule has 0 radical (unpaired) electrons. The first-order chi connectivity index (χ1) is 4.56. The third-order valence-corrected chi connectivity index (χ3v) is 1.08. The van der Waals surface area contributed by atoms with Crippen molar-refractivity contribution in [2.24, 2.45) is 0 Å². The fourth-order valence-corrected chi connectivity index (χ4v) is 0.573. The number of rotatable bonds is 4. The van der Waals surface area contributed by atoms with Crippen molar-refractivity contribution in [1.29, 1.82) is 0 Å². The van der Waals surface area contributed by atoms with Crippen LogP contribution in [0, 0.1) is 0 Å². The van der Waals surface area contributed by atoms with Crippen molar-refractivity contribution in [2.45, 2.75) is 26.2 Å². The van der Waals surface area contributed by atoms with Crippen LogP contribution in [0.1, 0.15) is 26.2 Å². The van der Waals surface area contributed by atoms with E-state index in [1.165, 1.54) is 6.08 Å². The topological polar surface area (TPSA) is 0 Å². The largest absolute Gasteiger partial charge is 0.502 e. The minimum Gasteiger partial charge on any atom is -0.445 e. The second-order valence-electron chi connectivity index (χ2n) is 2.20. The quantitative estimate of drug-likeness (QED) is 0.427. The van der Waals surface area contributed by atoms with Crippen molar-refractivity contribution in [3.05, 3.63) is 12.1 Å². The molecular weight excluding hydrogens is 140 g/mol. The molecule has 0 N–H and O–H groups in total. The Bertz CT molecular complexity index is 106. The van der Waals surface area contributed by atoms with Gasteiger partial charge in [-0.15, -0.1) is 12.1 Å². The zero-order valence-corrected chi connectivity index (χ0v) is 5.99. The van der Waals surface area contributed by atoms with Crippen molar-refractivity contribution < 1.29 is 12.9 Å². The van der Waals surface area contributed by atoms with E-state index in [1.54, 1.807) is 0 Å². The van der Waals surface area contributed by atoms with Gasteiger partial charge in [-0.3, -0.25) is 0 Å². The van der Waals surface area contributed by atoms with Crippen LogP contribution in [0.25, 0.3) is 0 Å². The van der Waals surface area contributed by atoms with Crippen LogP contribution in [0.5, 0.6) is 0 Å². The number of hydrogen-bond acceptors (Lipinski definition) is 0. The lowest BCUT2D eigenvalue weighted by Gasteiger charge is -2.05. The van der Waals surface area contributed by atoms with E-state index in [2.05, 4.69) is 0 Å². The van der Waals surface area contributed by atoms with Gasteiger partial charge < -0.3 is 12.9 Å². The smallest absolute Gasteiger partial charge is 0.445 e. The Balaban J connectivity index is 3.37. The molecule has 0 rings (SSSR count). The van der Waals surface area contributed by atoms with Crippen molar-refractivity contribution >= 4 is 6.98 Å². The van der Waals surface area contributed by atoms with Gasteiger partial charge in [-0.05, 0) is 6.42 Å². The van der Waals surface area contributed by atoms with Crippen LogP contribution in [0.15, 0.2) is 12.1 Å². The van der Waals surface area contributed by atoms with Crippen LogP contribution in [0.4, 0.5) is 12.9 Å². The van der Waals surface area contributed by atoms with E-state index in [9.17, 15) is 12.9 Å². The van der Waals surface area contributed by atoms with Crippen LogP contribution >= 0.6 is 0 Å². The van der Waals surface area contributed by atoms with E-state index in [4.69, 9.17) is 0 Å². The van der Waals surface area contributed by atoms with Crippen molar-refractivity contribution in [3.8, 4) is 0 Å². The summed E-state index contributed by atoms with van der Waals surface area (Å²) in [5.74, 6) is 0.357. The second kappa shape index (κ2) is 4.42. The van der Waals surface area contributed by atoms with Gasteiger partial charge in [0.05, 0.1) is 0 Å². The highest BCUT2D eigenvalue weighted by Gasteiger charge is 2.16. The van der Waals surface area contributed by atoms with Gasteiger partial charge in [-0.2, -0.15) is 0 Å². The van der Waals surface area contributed by atoms with Crippen LogP contribution in [-0.2, 0) is 0 Å². The predicted molar refractivity (Wildman–Crippen MR) is 37.7 cm³/mol. The molecule has 0 aromatic carbocycles. The zero-order valence-electron chi connectivity index (χ0n) is 5.99. The number of unbranched alkanes of at least 4 members (excludes halogenated alkanes) is 2. The maximum Gasteiger partial charge on any atom is 0.502 e. The Hall–Kier alpha value is -0.405. The molecule has 0 aromatic heterocycles. The second-order valence-corrected chi connectivity index (χ2v) is 2.20. The highest BCUT2D eigenvalue weighted by atomic mass is 19.4. The Morgan fingerprint density at radius 3 is 2.30 bits per heavy atom. The predicted octanol–water partition coefficient (Wildman–Crippen LogP) is 3.12. The van der Waals surface area contributed by atoms with Gasteiger partial charge in [0, 0.05) is 0 Å². The third-order valence-electron chi connectivity index (χ3n) is 1.08. The van der Waals surface area contributed by atoms with Crippen LogP contribution < -0.4 is 0 Å². The van der Waals surface area contributed by atoms with Gasteiger partial charge in [-0.1, -0.05) is 19.8 Å². The standard InChI is InChI=1S/C6H11BF3/c1-2-3-4-5-6-7(8,9)10/h5-6H,2-4H2,1H3/q-1/b6-5+. The first-order valence-corrected chi connectivity index (χ1v) is 3.44. The summed E-state index contributed by atoms with van der Waals surface area (Å²) >= 11 is 0. The summed E-state index contributed by atoms with van der Waals surface area (Å²) in [5.41, 5.74) is 0. The van der Waals surface area contributed by atoms with Crippen LogP contribution in [0.2, 0.25) is 0 Å². The molecule has 0 aliphatic heterocycles. The fraction of sp³-hybridized carbons (Fsp3) is 0.667. The highest BCUT2D eigenvalue weighted by Crippen LogP contribution is 2.10. The lowest BCUT2D eigenvalue weighted by Crippen LogP contribution is -2.09. The summed E-state index contributed by atoms with van der Waals surface area (Å²) in [6.07, 6.45) is 3.51. The van der Waals surface area contributed by atoms with Gasteiger partial charge in [0.2, 0.25) is 0 Å². The van der Waals surface area contributed by atoms with Crippen molar-refractivity contribution in [1.82, 2.24) is 0 Å². The first kappa shape index (κ1) is 9.59. The highest BCUT2D eigenvalue weighted by molar-refractivity contribution is 6.64.